The SMILES string of the molecule is Nc1ccc(CCCO)cc1C(=O)O. The van der Waals surface area contributed by atoms with Crippen LogP contribution in [0.2, 0.25) is 0 Å². The number of hydrogen-bond acceptors (Lipinski definition) is 3. The number of aliphatic hydroxyl groups is 1. The lowest BCUT2D eigenvalue weighted by Gasteiger charge is -2.04. The third-order valence-electron chi connectivity index (χ3n) is 1.97. The number of benzene rings is 1. The van der Waals surface area contributed by atoms with Gasteiger partial charge >= 0.3 is 5.97 Å². The average Bonchev–Trinajstić information content (AvgIpc) is 2.16. The number of carboxylic acids is 1. The van der Waals surface area contributed by atoms with Crippen LogP contribution in [0.4, 0.5) is 5.69 Å². The Morgan fingerprint density at radius 3 is 2.71 bits per heavy atom. The normalized spacial score (nSPS) is 10.1. The Morgan fingerprint density at radius 2 is 2.14 bits per heavy atom. The van der Waals surface area contributed by atoms with Crippen LogP contribution in [0.15, 0.2) is 18.2 Å². The largest absolute Gasteiger partial charge is 0.478 e. The van der Waals surface area contributed by atoms with Crippen molar-refractivity contribution in [1.29, 1.82) is 0 Å². The van der Waals surface area contributed by atoms with Crippen molar-refractivity contribution in [3.05, 3.63) is 29.3 Å². The number of hydrogen-bond donors (Lipinski definition) is 3. The van der Waals surface area contributed by atoms with Crippen molar-refractivity contribution in [1.82, 2.24) is 0 Å². The van der Waals surface area contributed by atoms with Crippen molar-refractivity contribution >= 4 is 11.7 Å². The van der Waals surface area contributed by atoms with Crippen LogP contribution in [-0.4, -0.2) is 22.8 Å². The Kier molecular flexibility index (Phi) is 3.48. The van der Waals surface area contributed by atoms with Gasteiger partial charge < -0.3 is 15.9 Å². The van der Waals surface area contributed by atoms with Crippen LogP contribution in [0.1, 0.15) is 22.3 Å². The van der Waals surface area contributed by atoms with Gasteiger partial charge in [0, 0.05) is 12.3 Å². The summed E-state index contributed by atoms with van der Waals surface area (Å²) in [4.78, 5) is 10.7. The van der Waals surface area contributed by atoms with Crippen LogP contribution in [0.3, 0.4) is 0 Å². The zero-order valence-electron chi connectivity index (χ0n) is 7.73. The van der Waals surface area contributed by atoms with Crippen LogP contribution < -0.4 is 5.73 Å². The Bertz CT molecular complexity index is 336. The van der Waals surface area contributed by atoms with Crippen molar-refractivity contribution in [2.75, 3.05) is 12.3 Å². The molecule has 0 radical (unpaired) electrons. The minimum atomic E-state index is -1.02. The first-order chi connectivity index (χ1) is 6.65. The molecule has 14 heavy (non-hydrogen) atoms. The van der Waals surface area contributed by atoms with E-state index < -0.39 is 5.97 Å². The predicted octanol–water partition coefficient (Wildman–Crippen LogP) is 0.892. The van der Waals surface area contributed by atoms with Gasteiger partial charge in [-0.2, -0.15) is 0 Å². The van der Waals surface area contributed by atoms with E-state index in [-0.39, 0.29) is 17.9 Å². The van der Waals surface area contributed by atoms with Crippen LogP contribution >= 0.6 is 0 Å². The van der Waals surface area contributed by atoms with E-state index in [1.807, 2.05) is 0 Å². The molecule has 0 amide bonds. The minimum Gasteiger partial charge on any atom is -0.478 e. The number of aliphatic hydroxyl groups excluding tert-OH is 1. The van der Waals surface area contributed by atoms with Gasteiger partial charge in [0.15, 0.2) is 0 Å². The van der Waals surface area contributed by atoms with Gasteiger partial charge in [-0.25, -0.2) is 4.79 Å². The predicted molar refractivity (Wildman–Crippen MR) is 53.2 cm³/mol. The molecular weight excluding hydrogens is 182 g/mol. The van der Waals surface area contributed by atoms with Crippen molar-refractivity contribution in [2.24, 2.45) is 0 Å². The summed E-state index contributed by atoms with van der Waals surface area (Å²) in [6.45, 7) is 0.104. The van der Waals surface area contributed by atoms with E-state index in [1.54, 1.807) is 18.2 Å². The molecule has 0 aliphatic carbocycles. The molecule has 0 aromatic heterocycles. The molecule has 0 aliphatic heterocycles. The molecule has 4 nitrogen and oxygen atoms in total. The molecule has 0 unspecified atom stereocenters. The lowest BCUT2D eigenvalue weighted by Crippen LogP contribution is -2.03. The second kappa shape index (κ2) is 4.62. The molecule has 4 N–H and O–H groups in total. The maximum Gasteiger partial charge on any atom is 0.337 e. The summed E-state index contributed by atoms with van der Waals surface area (Å²) in [5.41, 5.74) is 6.76. The number of carbonyl (C=O) groups is 1. The fraction of sp³-hybridized carbons (Fsp3) is 0.300. The monoisotopic (exact) mass is 195 g/mol. The van der Waals surface area contributed by atoms with Gasteiger partial charge in [-0.15, -0.1) is 0 Å². The molecule has 0 bridgehead atoms. The summed E-state index contributed by atoms with van der Waals surface area (Å²) >= 11 is 0. The molecule has 0 aliphatic rings. The molecule has 1 rings (SSSR count). The highest BCUT2D eigenvalue weighted by Crippen LogP contribution is 2.15. The van der Waals surface area contributed by atoms with E-state index >= 15 is 0 Å². The molecule has 0 atom stereocenters. The third-order valence-corrected chi connectivity index (χ3v) is 1.97. The molecule has 0 fully saturated rings. The van der Waals surface area contributed by atoms with Crippen LogP contribution in [0.5, 0.6) is 0 Å². The third kappa shape index (κ3) is 2.47. The molecule has 4 heteroatoms. The van der Waals surface area contributed by atoms with Gasteiger partial charge in [0.25, 0.3) is 0 Å². The first kappa shape index (κ1) is 10.5. The van der Waals surface area contributed by atoms with E-state index in [9.17, 15) is 4.79 Å². The second-order valence-electron chi connectivity index (χ2n) is 3.05. The molecule has 1 aromatic rings. The molecule has 76 valence electrons. The molecule has 0 heterocycles. The smallest absolute Gasteiger partial charge is 0.337 e. The van der Waals surface area contributed by atoms with E-state index in [1.165, 1.54) is 0 Å². The maximum absolute atomic E-state index is 10.7. The molecule has 0 saturated carbocycles. The van der Waals surface area contributed by atoms with Crippen LogP contribution in [0.25, 0.3) is 0 Å². The van der Waals surface area contributed by atoms with Crippen molar-refractivity contribution in [3.63, 3.8) is 0 Å². The van der Waals surface area contributed by atoms with Gasteiger partial charge in [0.2, 0.25) is 0 Å². The topological polar surface area (TPSA) is 83.5 Å². The Labute approximate surface area is 82.0 Å². The summed E-state index contributed by atoms with van der Waals surface area (Å²) in [5, 5.41) is 17.4. The molecule has 0 saturated heterocycles. The second-order valence-corrected chi connectivity index (χ2v) is 3.05. The van der Waals surface area contributed by atoms with Crippen LogP contribution in [0, 0.1) is 0 Å². The number of nitrogens with two attached hydrogens (primary N) is 1. The standard InChI is InChI=1S/C10H13NO3/c11-9-4-3-7(2-1-5-12)6-8(9)10(13)14/h3-4,6,12H,1-2,5,11H2,(H,13,14). The molecule has 1 aromatic carbocycles. The lowest BCUT2D eigenvalue weighted by atomic mass is 10.1. The zero-order valence-corrected chi connectivity index (χ0v) is 7.73. The van der Waals surface area contributed by atoms with Crippen molar-refractivity contribution < 1.29 is 15.0 Å². The average molecular weight is 195 g/mol. The Morgan fingerprint density at radius 1 is 1.43 bits per heavy atom. The van der Waals surface area contributed by atoms with Gasteiger partial charge in [-0.3, -0.25) is 0 Å². The fourth-order valence-corrected chi connectivity index (χ4v) is 1.23. The minimum absolute atomic E-state index is 0.104. The number of nitrogen functional groups attached to an aromatic ring is 1. The summed E-state index contributed by atoms with van der Waals surface area (Å²) in [6, 6.07) is 4.90. The number of rotatable bonds is 4. The van der Waals surface area contributed by atoms with Gasteiger partial charge in [0.05, 0.1) is 5.56 Å². The summed E-state index contributed by atoms with van der Waals surface area (Å²) in [5.74, 6) is -1.02. The van der Waals surface area contributed by atoms with Crippen molar-refractivity contribution in [2.45, 2.75) is 12.8 Å². The van der Waals surface area contributed by atoms with Crippen molar-refractivity contribution in [3.8, 4) is 0 Å². The van der Waals surface area contributed by atoms with Crippen LogP contribution in [-0.2, 0) is 6.42 Å². The summed E-state index contributed by atoms with van der Waals surface area (Å²) in [6.07, 6.45) is 1.29. The highest BCUT2D eigenvalue weighted by Gasteiger charge is 2.07. The summed E-state index contributed by atoms with van der Waals surface area (Å²) in [7, 11) is 0. The lowest BCUT2D eigenvalue weighted by molar-refractivity contribution is 0.0698. The highest BCUT2D eigenvalue weighted by atomic mass is 16.4. The first-order valence-corrected chi connectivity index (χ1v) is 4.37. The zero-order chi connectivity index (χ0) is 10.6. The molecule has 0 spiro atoms. The van der Waals surface area contributed by atoms with E-state index in [0.29, 0.717) is 12.8 Å². The fourth-order valence-electron chi connectivity index (χ4n) is 1.23. The quantitative estimate of drug-likeness (QED) is 0.623. The highest BCUT2D eigenvalue weighted by molar-refractivity contribution is 5.93. The Balaban J connectivity index is 2.89. The number of aromatic carboxylic acids is 1. The molecular formula is C10H13NO3. The number of aryl methyl sites for hydroxylation is 1. The first-order valence-electron chi connectivity index (χ1n) is 4.37. The van der Waals surface area contributed by atoms with Gasteiger partial charge in [-0.1, -0.05) is 6.07 Å². The Hall–Kier alpha value is -1.55. The number of carboxylic acid groups (broad SMARTS) is 1. The van der Waals surface area contributed by atoms with Gasteiger partial charge in [-0.05, 0) is 30.5 Å². The van der Waals surface area contributed by atoms with Gasteiger partial charge in [0.1, 0.15) is 0 Å². The number of anilines is 1. The maximum atomic E-state index is 10.7. The summed E-state index contributed by atoms with van der Waals surface area (Å²) < 4.78 is 0. The van der Waals surface area contributed by atoms with E-state index in [4.69, 9.17) is 15.9 Å². The van der Waals surface area contributed by atoms with E-state index in [2.05, 4.69) is 0 Å². The van der Waals surface area contributed by atoms with E-state index in [0.717, 1.165) is 5.56 Å².